The highest BCUT2D eigenvalue weighted by molar-refractivity contribution is 7.89. The molecule has 2 aliphatic rings. The number of piperidine rings is 1. The van der Waals surface area contributed by atoms with Crippen LogP contribution in [0.3, 0.4) is 0 Å². The number of amides is 2. The molecule has 2 heterocycles. The molecule has 1 aromatic carbocycles. The van der Waals surface area contributed by atoms with Crippen molar-refractivity contribution >= 4 is 21.8 Å². The van der Waals surface area contributed by atoms with Gasteiger partial charge in [0.25, 0.3) is 5.91 Å². The maximum Gasteiger partial charge on any atom is 0.261 e. The third-order valence-electron chi connectivity index (χ3n) is 5.41. The van der Waals surface area contributed by atoms with Gasteiger partial charge in [-0.2, -0.15) is 4.31 Å². The minimum absolute atomic E-state index is 0.00887. The van der Waals surface area contributed by atoms with Gasteiger partial charge in [-0.3, -0.25) is 14.8 Å². The molecule has 3 N–H and O–H groups in total. The Kier molecular flexibility index (Phi) is 6.73. The number of carbonyl (C=O) groups is 2. The topological polar surface area (TPSA) is 128 Å². The van der Waals surface area contributed by atoms with Gasteiger partial charge in [0.05, 0.1) is 12.0 Å². The van der Waals surface area contributed by atoms with E-state index in [0.717, 1.165) is 4.31 Å². The fourth-order valence-electron chi connectivity index (χ4n) is 3.79. The Hall–Kier alpha value is -2.21. The summed E-state index contributed by atoms with van der Waals surface area (Å²) in [5, 5.41) is 12.3. The predicted octanol–water partition coefficient (Wildman–Crippen LogP) is -0.598. The van der Waals surface area contributed by atoms with Gasteiger partial charge in [-0.1, -0.05) is 0 Å². The standard InChI is InChI=1S/C18H26N4O6S/c1-28-14-2-4-15(5-3-14)29(26,27)22-9-6-13(12-16(22)17(23)20-25)18(24)21-10-7-19-8-11-21/h2-5,13,16,19,25H,6-12H2,1H3,(H,20,23)/t13-,16-/m1/s1. The first-order chi connectivity index (χ1) is 13.9. The Bertz CT molecular complexity index is 838. The third-order valence-corrected chi connectivity index (χ3v) is 7.33. The molecule has 160 valence electrons. The van der Waals surface area contributed by atoms with Gasteiger partial charge < -0.3 is 15.0 Å². The molecule has 0 radical (unpaired) electrons. The van der Waals surface area contributed by atoms with Gasteiger partial charge in [-0.15, -0.1) is 0 Å². The number of rotatable bonds is 5. The van der Waals surface area contributed by atoms with Crippen LogP contribution in [-0.4, -0.2) is 80.5 Å². The first kappa shape index (κ1) is 21.5. The third kappa shape index (κ3) is 4.53. The molecule has 10 nitrogen and oxygen atoms in total. The summed E-state index contributed by atoms with van der Waals surface area (Å²) in [6, 6.07) is 4.68. The van der Waals surface area contributed by atoms with E-state index in [4.69, 9.17) is 9.94 Å². The van der Waals surface area contributed by atoms with E-state index in [2.05, 4.69) is 5.32 Å². The van der Waals surface area contributed by atoms with Gasteiger partial charge in [0.1, 0.15) is 11.8 Å². The van der Waals surface area contributed by atoms with Gasteiger partial charge in [0.15, 0.2) is 0 Å². The summed E-state index contributed by atoms with van der Waals surface area (Å²) >= 11 is 0. The Morgan fingerprint density at radius 3 is 2.41 bits per heavy atom. The molecule has 1 aromatic rings. The second-order valence-electron chi connectivity index (χ2n) is 7.08. The summed E-state index contributed by atoms with van der Waals surface area (Å²) in [5.74, 6) is -0.893. The molecular weight excluding hydrogens is 400 g/mol. The first-order valence-electron chi connectivity index (χ1n) is 9.48. The minimum atomic E-state index is -3.99. The summed E-state index contributed by atoms with van der Waals surface area (Å²) in [5.41, 5.74) is 1.55. The van der Waals surface area contributed by atoms with Crippen LogP contribution in [0.4, 0.5) is 0 Å². The van der Waals surface area contributed by atoms with Gasteiger partial charge >= 0.3 is 0 Å². The lowest BCUT2D eigenvalue weighted by atomic mass is 9.90. The van der Waals surface area contributed by atoms with E-state index in [0.29, 0.717) is 38.3 Å². The van der Waals surface area contributed by atoms with Crippen LogP contribution >= 0.6 is 0 Å². The van der Waals surface area contributed by atoms with Crippen molar-refractivity contribution in [1.29, 1.82) is 0 Å². The van der Waals surface area contributed by atoms with Crippen molar-refractivity contribution in [2.24, 2.45) is 5.92 Å². The number of carbonyl (C=O) groups excluding carboxylic acids is 2. The molecule has 11 heteroatoms. The fourth-order valence-corrected chi connectivity index (χ4v) is 5.41. The van der Waals surface area contributed by atoms with Crippen LogP contribution in [0.5, 0.6) is 5.75 Å². The van der Waals surface area contributed by atoms with E-state index in [9.17, 15) is 18.0 Å². The molecule has 3 rings (SSSR count). The Balaban J connectivity index is 1.81. The van der Waals surface area contributed by atoms with E-state index in [-0.39, 0.29) is 23.8 Å². The average molecular weight is 426 g/mol. The van der Waals surface area contributed by atoms with Crippen molar-refractivity contribution in [2.45, 2.75) is 23.8 Å². The van der Waals surface area contributed by atoms with Crippen LogP contribution in [0.15, 0.2) is 29.2 Å². The molecule has 0 unspecified atom stereocenters. The Morgan fingerprint density at radius 1 is 1.17 bits per heavy atom. The van der Waals surface area contributed by atoms with Gasteiger partial charge in [0.2, 0.25) is 15.9 Å². The highest BCUT2D eigenvalue weighted by Gasteiger charge is 2.43. The lowest BCUT2D eigenvalue weighted by Crippen LogP contribution is -2.56. The molecule has 0 spiro atoms. The lowest BCUT2D eigenvalue weighted by molar-refractivity contribution is -0.141. The SMILES string of the molecule is COc1ccc(S(=O)(=O)N2CC[C@@H](C(=O)N3CCNCC3)C[C@@H]2C(=O)NO)cc1. The minimum Gasteiger partial charge on any atom is -0.497 e. The molecule has 29 heavy (non-hydrogen) atoms. The molecular formula is C18H26N4O6S. The monoisotopic (exact) mass is 426 g/mol. The van der Waals surface area contributed by atoms with Crippen LogP contribution in [0, 0.1) is 5.92 Å². The Labute approximate surface area is 169 Å². The van der Waals surface area contributed by atoms with Gasteiger partial charge in [-0.05, 0) is 37.1 Å². The Morgan fingerprint density at radius 2 is 1.83 bits per heavy atom. The van der Waals surface area contributed by atoms with Gasteiger partial charge in [-0.25, -0.2) is 13.9 Å². The van der Waals surface area contributed by atoms with E-state index >= 15 is 0 Å². The number of piperazine rings is 1. The van der Waals surface area contributed by atoms with Crippen molar-refractivity contribution in [3.05, 3.63) is 24.3 Å². The van der Waals surface area contributed by atoms with Crippen molar-refractivity contribution in [3.8, 4) is 5.75 Å². The smallest absolute Gasteiger partial charge is 0.261 e. The van der Waals surface area contributed by atoms with Crippen molar-refractivity contribution in [2.75, 3.05) is 39.8 Å². The number of nitrogens with zero attached hydrogens (tertiary/aromatic N) is 2. The lowest BCUT2D eigenvalue weighted by Gasteiger charge is -2.39. The number of sulfonamides is 1. The predicted molar refractivity (Wildman–Crippen MR) is 103 cm³/mol. The van der Waals surface area contributed by atoms with Crippen LogP contribution in [-0.2, 0) is 19.6 Å². The molecule has 2 saturated heterocycles. The van der Waals surface area contributed by atoms with Crippen molar-refractivity contribution < 1.29 is 28.0 Å². The summed E-state index contributed by atoms with van der Waals surface area (Å²) in [4.78, 5) is 26.9. The maximum absolute atomic E-state index is 13.1. The molecule has 2 atom stereocenters. The molecule has 0 aliphatic carbocycles. The molecule has 2 fully saturated rings. The van der Waals surface area contributed by atoms with Crippen LogP contribution in [0.1, 0.15) is 12.8 Å². The number of hydroxylamine groups is 1. The van der Waals surface area contributed by atoms with E-state index in [1.165, 1.54) is 31.4 Å². The molecule has 0 aromatic heterocycles. The summed E-state index contributed by atoms with van der Waals surface area (Å²) in [6.07, 6.45) is 0.331. The molecule has 0 saturated carbocycles. The molecule has 2 aliphatic heterocycles. The highest BCUT2D eigenvalue weighted by Crippen LogP contribution is 2.30. The number of hydrogen-bond acceptors (Lipinski definition) is 7. The quantitative estimate of drug-likeness (QED) is 0.424. The van der Waals surface area contributed by atoms with E-state index < -0.39 is 27.9 Å². The zero-order valence-electron chi connectivity index (χ0n) is 16.2. The van der Waals surface area contributed by atoms with Crippen molar-refractivity contribution in [1.82, 2.24) is 20.0 Å². The zero-order valence-corrected chi connectivity index (χ0v) is 17.0. The fraction of sp³-hybridized carbons (Fsp3) is 0.556. The normalized spacial score (nSPS) is 23.4. The largest absolute Gasteiger partial charge is 0.497 e. The summed E-state index contributed by atoms with van der Waals surface area (Å²) in [7, 11) is -2.52. The second-order valence-corrected chi connectivity index (χ2v) is 8.97. The maximum atomic E-state index is 13.1. The number of methoxy groups -OCH3 is 1. The summed E-state index contributed by atoms with van der Waals surface area (Å²) < 4.78 is 32.3. The highest BCUT2D eigenvalue weighted by atomic mass is 32.2. The van der Waals surface area contributed by atoms with E-state index in [1.807, 2.05) is 0 Å². The molecule has 0 bridgehead atoms. The average Bonchev–Trinajstić information content (AvgIpc) is 2.78. The number of nitrogens with one attached hydrogen (secondary N) is 2. The van der Waals surface area contributed by atoms with Crippen LogP contribution in [0.25, 0.3) is 0 Å². The first-order valence-corrected chi connectivity index (χ1v) is 10.9. The van der Waals surface area contributed by atoms with Crippen LogP contribution < -0.4 is 15.5 Å². The second kappa shape index (κ2) is 9.08. The van der Waals surface area contributed by atoms with Gasteiger partial charge in [0, 0.05) is 38.6 Å². The summed E-state index contributed by atoms with van der Waals surface area (Å²) in [6.45, 7) is 2.59. The van der Waals surface area contributed by atoms with Crippen LogP contribution in [0.2, 0.25) is 0 Å². The number of benzene rings is 1. The van der Waals surface area contributed by atoms with Crippen molar-refractivity contribution in [3.63, 3.8) is 0 Å². The molecule has 2 amide bonds. The number of ether oxygens (including phenoxy) is 1. The zero-order chi connectivity index (χ0) is 21.0. The number of hydrogen-bond donors (Lipinski definition) is 3. The van der Waals surface area contributed by atoms with E-state index in [1.54, 1.807) is 10.4 Å².